The lowest BCUT2D eigenvalue weighted by atomic mass is 10.2. The van der Waals surface area contributed by atoms with Gasteiger partial charge in [-0.25, -0.2) is 13.4 Å². The van der Waals surface area contributed by atoms with Crippen LogP contribution in [0.25, 0.3) is 17.1 Å². The van der Waals surface area contributed by atoms with Gasteiger partial charge in [0.25, 0.3) is 0 Å². The Labute approximate surface area is 219 Å². The highest BCUT2D eigenvalue weighted by atomic mass is 32.2. The van der Waals surface area contributed by atoms with Gasteiger partial charge in [-0.2, -0.15) is 0 Å². The normalized spacial score (nSPS) is 13.4. The van der Waals surface area contributed by atoms with Crippen LogP contribution in [-0.4, -0.2) is 57.7 Å². The molecule has 37 heavy (non-hydrogen) atoms. The smallest absolute Gasteiger partial charge is 0.170 e. The maximum absolute atomic E-state index is 13.6. The summed E-state index contributed by atoms with van der Waals surface area (Å²) in [5.74, 6) is 0.929. The van der Waals surface area contributed by atoms with Crippen molar-refractivity contribution in [2.45, 2.75) is 44.8 Å². The number of ether oxygens (including phenoxy) is 2. The van der Waals surface area contributed by atoms with Crippen molar-refractivity contribution >= 4 is 21.2 Å². The highest BCUT2D eigenvalue weighted by molar-refractivity contribution is 7.91. The molecule has 4 aromatic rings. The quantitative estimate of drug-likeness (QED) is 0.335. The number of hydrogen-bond acceptors (Lipinski definition) is 10. The molecule has 0 saturated heterocycles. The van der Waals surface area contributed by atoms with Gasteiger partial charge in [-0.15, -0.1) is 21.5 Å². The maximum Gasteiger partial charge on any atom is 0.170 e. The summed E-state index contributed by atoms with van der Waals surface area (Å²) in [5, 5.41) is 18.7. The van der Waals surface area contributed by atoms with Crippen LogP contribution >= 0.6 is 11.3 Å². The number of para-hydroxylation sites is 1. The summed E-state index contributed by atoms with van der Waals surface area (Å²) in [6.45, 7) is 7.08. The Hall–Kier alpha value is -3.35. The largest absolute Gasteiger partial charge is 0.494 e. The molecule has 0 spiro atoms. The summed E-state index contributed by atoms with van der Waals surface area (Å²) in [6, 6.07) is 7.14. The fraction of sp³-hybridized carbons (Fsp3) is 0.360. The number of sulfone groups is 1. The second-order valence-corrected chi connectivity index (χ2v) is 12.3. The van der Waals surface area contributed by atoms with E-state index in [9.17, 15) is 13.5 Å². The minimum absolute atomic E-state index is 0.143. The Morgan fingerprint density at radius 2 is 1.76 bits per heavy atom. The van der Waals surface area contributed by atoms with Crippen LogP contribution in [0.5, 0.6) is 11.5 Å². The molecule has 0 radical (unpaired) electrons. The third kappa shape index (κ3) is 5.22. The summed E-state index contributed by atoms with van der Waals surface area (Å²) in [6.07, 6.45) is 2.07. The highest BCUT2D eigenvalue weighted by Gasteiger charge is 2.34. The molecule has 0 aliphatic carbocycles. The molecule has 1 N–H and O–H groups in total. The molecule has 196 valence electrons. The number of benzene rings is 1. The summed E-state index contributed by atoms with van der Waals surface area (Å²) in [4.78, 5) is 9.53. The van der Waals surface area contributed by atoms with E-state index in [4.69, 9.17) is 9.47 Å². The van der Waals surface area contributed by atoms with Crippen molar-refractivity contribution < 1.29 is 23.0 Å². The second kappa shape index (κ2) is 10.6. The molecule has 0 fully saturated rings. The topological polar surface area (TPSA) is 129 Å². The van der Waals surface area contributed by atoms with Crippen molar-refractivity contribution in [3.05, 3.63) is 63.6 Å². The molecular weight excluding hydrogens is 514 g/mol. The SMILES string of the molecule is COc1cccc(OC)c1-n1c(CS(=O)(=O)[C@H](C)[C@H](O)c2nc(C)c(C)s2)nnc1-c1cncc(C)c1. The van der Waals surface area contributed by atoms with E-state index in [1.54, 1.807) is 35.2 Å². The number of nitrogens with zero attached hydrogens (tertiary/aromatic N) is 5. The van der Waals surface area contributed by atoms with Crippen LogP contribution in [0, 0.1) is 20.8 Å². The number of methoxy groups -OCH3 is 2. The monoisotopic (exact) mass is 543 g/mol. The molecule has 0 bridgehead atoms. The van der Waals surface area contributed by atoms with Crippen molar-refractivity contribution in [1.29, 1.82) is 0 Å². The zero-order valence-electron chi connectivity index (χ0n) is 21.5. The van der Waals surface area contributed by atoms with Crippen molar-refractivity contribution in [3.63, 3.8) is 0 Å². The number of aliphatic hydroxyl groups excluding tert-OH is 1. The molecule has 0 aliphatic heterocycles. The van der Waals surface area contributed by atoms with Crippen molar-refractivity contribution in [1.82, 2.24) is 24.7 Å². The van der Waals surface area contributed by atoms with Gasteiger partial charge in [-0.1, -0.05) is 6.07 Å². The van der Waals surface area contributed by atoms with Gasteiger partial charge in [0.05, 0.1) is 25.2 Å². The summed E-state index contributed by atoms with van der Waals surface area (Å²) in [7, 11) is -0.880. The highest BCUT2D eigenvalue weighted by Crippen LogP contribution is 2.37. The molecular formula is C25H29N5O5S2. The Bertz CT molecular complexity index is 1490. The number of rotatable bonds is 9. The van der Waals surface area contributed by atoms with Crippen LogP contribution in [0.1, 0.15) is 40.0 Å². The Kier molecular flexibility index (Phi) is 7.62. The number of aliphatic hydroxyl groups is 1. The van der Waals surface area contributed by atoms with Gasteiger partial charge >= 0.3 is 0 Å². The third-order valence-electron chi connectivity index (χ3n) is 6.13. The van der Waals surface area contributed by atoms with Gasteiger partial charge in [0.2, 0.25) is 0 Å². The summed E-state index contributed by atoms with van der Waals surface area (Å²) < 4.78 is 39.9. The Morgan fingerprint density at radius 3 is 2.32 bits per heavy atom. The minimum atomic E-state index is -3.91. The van der Waals surface area contributed by atoms with Crippen molar-refractivity contribution in [3.8, 4) is 28.6 Å². The molecule has 10 nitrogen and oxygen atoms in total. The molecule has 12 heteroatoms. The lowest BCUT2D eigenvalue weighted by molar-refractivity contribution is 0.175. The molecule has 0 unspecified atom stereocenters. The predicted octanol–water partition coefficient (Wildman–Crippen LogP) is 3.77. The molecule has 4 rings (SSSR count). The van der Waals surface area contributed by atoms with E-state index in [1.807, 2.05) is 26.8 Å². The lowest BCUT2D eigenvalue weighted by Gasteiger charge is -2.20. The average Bonchev–Trinajstić information content (AvgIpc) is 3.44. The van der Waals surface area contributed by atoms with E-state index >= 15 is 0 Å². The molecule has 0 saturated carbocycles. The average molecular weight is 544 g/mol. The summed E-state index contributed by atoms with van der Waals surface area (Å²) >= 11 is 1.29. The fourth-order valence-corrected chi connectivity index (χ4v) is 6.33. The first-order valence-corrected chi connectivity index (χ1v) is 14.0. The van der Waals surface area contributed by atoms with Crippen LogP contribution in [0.15, 0.2) is 36.7 Å². The first-order valence-electron chi connectivity index (χ1n) is 11.5. The lowest BCUT2D eigenvalue weighted by Crippen LogP contribution is -2.28. The number of pyridine rings is 1. The van der Waals surface area contributed by atoms with Gasteiger partial charge in [-0.3, -0.25) is 9.55 Å². The van der Waals surface area contributed by atoms with Crippen LogP contribution in [0.2, 0.25) is 0 Å². The Balaban J connectivity index is 1.84. The number of hydrogen-bond donors (Lipinski definition) is 1. The second-order valence-electron chi connectivity index (χ2n) is 8.69. The van der Waals surface area contributed by atoms with Gasteiger partial charge in [-0.05, 0) is 51.5 Å². The fourth-order valence-electron chi connectivity index (χ4n) is 3.89. The summed E-state index contributed by atoms with van der Waals surface area (Å²) in [5.41, 5.74) is 2.77. The molecule has 1 aromatic carbocycles. The van der Waals surface area contributed by atoms with Crippen LogP contribution in [0.4, 0.5) is 0 Å². The molecule has 3 heterocycles. The number of aryl methyl sites for hydroxylation is 3. The molecule has 3 aromatic heterocycles. The number of aromatic nitrogens is 5. The maximum atomic E-state index is 13.6. The third-order valence-corrected chi connectivity index (χ3v) is 9.32. The van der Waals surface area contributed by atoms with E-state index in [0.29, 0.717) is 33.6 Å². The van der Waals surface area contributed by atoms with Gasteiger partial charge < -0.3 is 14.6 Å². The van der Waals surface area contributed by atoms with E-state index in [0.717, 1.165) is 16.1 Å². The van der Waals surface area contributed by atoms with Gasteiger partial charge in [0.15, 0.2) is 21.5 Å². The van der Waals surface area contributed by atoms with Gasteiger partial charge in [0.1, 0.15) is 34.1 Å². The Morgan fingerprint density at radius 1 is 1.08 bits per heavy atom. The van der Waals surface area contributed by atoms with Gasteiger partial charge in [0, 0.05) is 22.8 Å². The van der Waals surface area contributed by atoms with E-state index in [2.05, 4.69) is 20.2 Å². The standard InChI is InChI=1S/C25H29N5O5S2/c1-14-10-18(12-26-11-14)24-29-28-21(30(24)22-19(34-5)8-7-9-20(22)35-6)13-37(32,33)17(4)23(31)25-27-15(2)16(3)36-25/h7-12,17,23,31H,13H2,1-6H3/t17-,23+/m1/s1. The van der Waals surface area contributed by atoms with Crippen LogP contribution in [-0.2, 0) is 15.6 Å². The molecule has 2 atom stereocenters. The van der Waals surface area contributed by atoms with Crippen LogP contribution < -0.4 is 9.47 Å². The first-order chi connectivity index (χ1) is 17.6. The predicted molar refractivity (Wildman–Crippen MR) is 141 cm³/mol. The van der Waals surface area contributed by atoms with Crippen molar-refractivity contribution in [2.75, 3.05) is 14.2 Å². The van der Waals surface area contributed by atoms with Crippen molar-refractivity contribution in [2.24, 2.45) is 0 Å². The van der Waals surface area contributed by atoms with E-state index in [-0.39, 0.29) is 5.82 Å². The number of thiazole rings is 1. The molecule has 0 aliphatic rings. The zero-order valence-corrected chi connectivity index (χ0v) is 23.1. The first kappa shape index (κ1) is 26.7. The van der Waals surface area contributed by atoms with Crippen LogP contribution in [0.3, 0.4) is 0 Å². The molecule has 0 amide bonds. The zero-order chi connectivity index (χ0) is 26.9. The van der Waals surface area contributed by atoms with E-state index in [1.165, 1.54) is 32.5 Å². The van der Waals surface area contributed by atoms with E-state index < -0.39 is 26.9 Å². The minimum Gasteiger partial charge on any atom is -0.494 e.